The van der Waals surface area contributed by atoms with E-state index in [0.29, 0.717) is 4.48 Å². The summed E-state index contributed by atoms with van der Waals surface area (Å²) in [5.74, 6) is -1.40. The van der Waals surface area contributed by atoms with E-state index in [1.165, 1.54) is 6.08 Å². The third-order valence-electron chi connectivity index (χ3n) is 2.25. The van der Waals surface area contributed by atoms with Crippen molar-refractivity contribution in [2.24, 2.45) is 10.4 Å². The Morgan fingerprint density at radius 1 is 1.59 bits per heavy atom. The van der Waals surface area contributed by atoms with Gasteiger partial charge in [-0.3, -0.25) is 10.1 Å². The van der Waals surface area contributed by atoms with Crippen LogP contribution in [0.2, 0.25) is 0 Å². The molecule has 0 aromatic carbocycles. The maximum Gasteiger partial charge on any atom is 2.00 e. The Morgan fingerprint density at radius 2 is 2.18 bits per heavy atom. The van der Waals surface area contributed by atoms with Crippen molar-refractivity contribution in [3.63, 3.8) is 0 Å². The first-order valence-electron chi connectivity index (χ1n) is 4.48. The zero-order chi connectivity index (χ0) is 12.3. The van der Waals surface area contributed by atoms with Gasteiger partial charge in [-0.2, -0.15) is 0 Å². The van der Waals surface area contributed by atoms with Gasteiger partial charge in [0.15, 0.2) is 0 Å². The number of aliphatic imine (C=N–C) groups is 1. The summed E-state index contributed by atoms with van der Waals surface area (Å²) in [7, 11) is 0. The molecule has 0 saturated heterocycles. The van der Waals surface area contributed by atoms with E-state index in [1.54, 1.807) is 0 Å². The number of nitrogens with one attached hydrogen (secondary N) is 1. The van der Waals surface area contributed by atoms with Crippen LogP contribution in [0.3, 0.4) is 0 Å². The molecule has 5 nitrogen and oxygen atoms in total. The van der Waals surface area contributed by atoms with E-state index in [4.69, 9.17) is 0 Å². The fourth-order valence-electron chi connectivity index (χ4n) is 1.52. The molecule has 86 valence electrons. The smallest absolute Gasteiger partial charge is 0.861 e. The standard InChI is InChI=1S/C10H11BrN2O3.Ca/c1-3-4-10(5-6(2)11)7(14)12-9(16)13-8(10)15;/h3H,1-2,4-5H2,(H2,12,13,14,15,16);/q;+2/p-1. The molecule has 0 aliphatic carbocycles. The molecule has 17 heavy (non-hydrogen) atoms. The first kappa shape index (κ1) is 16.8. The average Bonchev–Trinajstić information content (AvgIpc) is 2.13. The fourth-order valence-corrected chi connectivity index (χ4v) is 2.00. The fraction of sp³-hybridized carbons (Fsp3) is 0.300. The van der Waals surface area contributed by atoms with Crippen LogP contribution in [-0.4, -0.2) is 55.6 Å². The van der Waals surface area contributed by atoms with Gasteiger partial charge in [-0.1, -0.05) is 28.6 Å². The van der Waals surface area contributed by atoms with Gasteiger partial charge in [0, 0.05) is 0 Å². The van der Waals surface area contributed by atoms with Crippen LogP contribution in [0.1, 0.15) is 12.8 Å². The summed E-state index contributed by atoms with van der Waals surface area (Å²) in [6, 6.07) is -0.921. The summed E-state index contributed by atoms with van der Waals surface area (Å²) in [4.78, 5) is 25.9. The van der Waals surface area contributed by atoms with Crippen molar-refractivity contribution in [3.8, 4) is 0 Å². The molecule has 0 aromatic heterocycles. The molecule has 0 bridgehead atoms. The third kappa shape index (κ3) is 3.64. The van der Waals surface area contributed by atoms with Gasteiger partial charge in [0.05, 0.1) is 5.41 Å². The first-order valence-corrected chi connectivity index (χ1v) is 5.27. The van der Waals surface area contributed by atoms with Crippen LogP contribution in [0, 0.1) is 5.41 Å². The van der Waals surface area contributed by atoms with Crippen molar-refractivity contribution in [1.29, 1.82) is 0 Å². The summed E-state index contributed by atoms with van der Waals surface area (Å²) in [5.41, 5.74) is -1.39. The van der Waals surface area contributed by atoms with Crippen LogP contribution >= 0.6 is 15.9 Å². The minimum Gasteiger partial charge on any atom is -0.861 e. The van der Waals surface area contributed by atoms with Gasteiger partial charge in [-0.25, -0.2) is 9.79 Å². The number of rotatable bonds is 4. The molecule has 0 saturated carbocycles. The van der Waals surface area contributed by atoms with Crippen LogP contribution < -0.4 is 10.4 Å². The van der Waals surface area contributed by atoms with Crippen LogP contribution in [0.15, 0.2) is 28.7 Å². The molecule has 0 radical (unpaired) electrons. The van der Waals surface area contributed by atoms with Crippen LogP contribution in [0.4, 0.5) is 4.79 Å². The summed E-state index contributed by atoms with van der Waals surface area (Å²) in [6.07, 6.45) is 1.64. The summed E-state index contributed by atoms with van der Waals surface area (Å²) < 4.78 is 0.488. The predicted octanol–water partition coefficient (Wildman–Crippen LogP) is 0.475. The largest absolute Gasteiger partial charge is 2.00 e. The minimum absolute atomic E-state index is 0. The van der Waals surface area contributed by atoms with Crippen LogP contribution in [-0.2, 0) is 4.79 Å². The SMILES string of the molecule is C=CCC1(CC(=C)Br)C(=O)NC(=O)N=C1[O-].[Ca+2]. The molecule has 1 heterocycles. The molecule has 1 rings (SSSR count). The third-order valence-corrected chi connectivity index (χ3v) is 2.53. The zero-order valence-electron chi connectivity index (χ0n) is 9.16. The molecular formula is C10H10BrCaN2O3+. The molecule has 3 amide bonds. The topological polar surface area (TPSA) is 81.6 Å². The van der Waals surface area contributed by atoms with Gasteiger partial charge < -0.3 is 5.11 Å². The molecule has 1 N–H and O–H groups in total. The second-order valence-corrected chi connectivity index (χ2v) is 4.57. The Hall–Kier alpha value is -0.170. The number of allylic oxidation sites excluding steroid dienone is 2. The first-order chi connectivity index (χ1) is 7.42. The Kier molecular flexibility index (Phi) is 6.61. The van der Waals surface area contributed by atoms with Gasteiger partial charge >= 0.3 is 43.8 Å². The van der Waals surface area contributed by atoms with Crippen molar-refractivity contribution in [2.45, 2.75) is 12.8 Å². The predicted molar refractivity (Wildman–Crippen MR) is 66.7 cm³/mol. The molecule has 0 fully saturated rings. The number of nitrogens with zero attached hydrogens (tertiary/aromatic N) is 1. The summed E-state index contributed by atoms with van der Waals surface area (Å²) in [5, 5.41) is 13.7. The van der Waals surface area contributed by atoms with Gasteiger partial charge in [0.1, 0.15) is 0 Å². The quantitative estimate of drug-likeness (QED) is 0.602. The maximum absolute atomic E-state index is 11.7. The van der Waals surface area contributed by atoms with E-state index in [-0.39, 0.29) is 50.6 Å². The molecule has 0 aromatic rings. The van der Waals surface area contributed by atoms with E-state index < -0.39 is 23.3 Å². The molecule has 1 unspecified atom stereocenters. The Bertz CT molecular complexity index is 408. The number of hydrogen-bond donors (Lipinski definition) is 1. The average molecular weight is 326 g/mol. The van der Waals surface area contributed by atoms with Gasteiger partial charge in [0.25, 0.3) is 0 Å². The van der Waals surface area contributed by atoms with Gasteiger partial charge in [-0.15, -0.1) is 6.58 Å². The number of carbonyl (C=O) groups excluding carboxylic acids is 2. The monoisotopic (exact) mass is 325 g/mol. The Morgan fingerprint density at radius 3 is 2.59 bits per heavy atom. The number of urea groups is 1. The van der Waals surface area contributed by atoms with Gasteiger partial charge in [0.2, 0.25) is 5.91 Å². The second kappa shape index (κ2) is 6.68. The molecule has 0 spiro atoms. The Balaban J connectivity index is 0.00000256. The van der Waals surface area contributed by atoms with Crippen LogP contribution in [0.25, 0.3) is 0 Å². The molecular weight excluding hydrogens is 316 g/mol. The molecule has 7 heteroatoms. The zero-order valence-corrected chi connectivity index (χ0v) is 13.0. The van der Waals surface area contributed by atoms with Gasteiger partial charge in [-0.05, 0) is 23.2 Å². The molecule has 1 atom stereocenters. The van der Waals surface area contributed by atoms with E-state index in [0.717, 1.165) is 0 Å². The van der Waals surface area contributed by atoms with Crippen molar-refractivity contribution in [3.05, 3.63) is 23.7 Å². The van der Waals surface area contributed by atoms with Crippen molar-refractivity contribution < 1.29 is 14.7 Å². The summed E-state index contributed by atoms with van der Waals surface area (Å²) in [6.45, 7) is 7.08. The number of carbonyl (C=O) groups is 2. The minimum atomic E-state index is -1.39. The van der Waals surface area contributed by atoms with Crippen molar-refractivity contribution >= 4 is 71.5 Å². The van der Waals surface area contributed by atoms with Crippen molar-refractivity contribution in [2.75, 3.05) is 0 Å². The number of halogens is 1. The molecule has 1 aliphatic rings. The normalized spacial score (nSPS) is 23.2. The van der Waals surface area contributed by atoms with E-state index in [1.807, 2.05) is 5.32 Å². The number of amides is 3. The second-order valence-electron chi connectivity index (χ2n) is 3.45. The molecule has 1 aliphatic heterocycles. The Labute approximate surface area is 137 Å². The van der Waals surface area contributed by atoms with Crippen LogP contribution in [0.5, 0.6) is 0 Å². The summed E-state index contributed by atoms with van der Waals surface area (Å²) >= 11 is 3.10. The number of imide groups is 1. The van der Waals surface area contributed by atoms with E-state index >= 15 is 0 Å². The van der Waals surface area contributed by atoms with E-state index in [9.17, 15) is 14.7 Å². The van der Waals surface area contributed by atoms with Crippen molar-refractivity contribution in [1.82, 2.24) is 5.32 Å². The number of hydrogen-bond acceptors (Lipinski definition) is 3. The maximum atomic E-state index is 11.7. The van der Waals surface area contributed by atoms with E-state index in [2.05, 4.69) is 34.1 Å².